The van der Waals surface area contributed by atoms with Crippen LogP contribution < -0.4 is 10.1 Å². The molecule has 16 heavy (non-hydrogen) atoms. The van der Waals surface area contributed by atoms with Crippen LogP contribution in [-0.4, -0.2) is 17.1 Å². The van der Waals surface area contributed by atoms with Crippen molar-refractivity contribution in [1.29, 1.82) is 0 Å². The molecule has 0 radical (unpaired) electrons. The average molecular weight is 217 g/mol. The molecule has 1 aromatic heterocycles. The molecule has 2 N–H and O–H groups in total. The van der Waals surface area contributed by atoms with Crippen LogP contribution in [-0.2, 0) is 13.1 Å². The highest BCUT2D eigenvalue weighted by Crippen LogP contribution is 2.16. The fourth-order valence-electron chi connectivity index (χ4n) is 1.56. The monoisotopic (exact) mass is 217 g/mol. The maximum Gasteiger partial charge on any atom is 0.123 e. The van der Waals surface area contributed by atoms with Gasteiger partial charge in [0.15, 0.2) is 0 Å². The van der Waals surface area contributed by atoms with Gasteiger partial charge in [0.1, 0.15) is 11.6 Å². The molecule has 0 spiro atoms. The fraction of sp³-hybridized carbons (Fsp3) is 0.250. The molecular weight excluding hydrogens is 202 g/mol. The van der Waals surface area contributed by atoms with E-state index in [-0.39, 0.29) is 0 Å². The summed E-state index contributed by atoms with van der Waals surface area (Å²) >= 11 is 0. The van der Waals surface area contributed by atoms with Gasteiger partial charge >= 0.3 is 0 Å². The molecule has 0 unspecified atom stereocenters. The van der Waals surface area contributed by atoms with Crippen molar-refractivity contribution in [2.24, 2.45) is 0 Å². The number of rotatable bonds is 5. The van der Waals surface area contributed by atoms with Crippen molar-refractivity contribution in [1.82, 2.24) is 15.3 Å². The first kappa shape index (κ1) is 10.7. The Kier molecular flexibility index (Phi) is 3.56. The third-order valence-corrected chi connectivity index (χ3v) is 2.36. The van der Waals surface area contributed by atoms with Crippen LogP contribution in [0.5, 0.6) is 5.75 Å². The van der Waals surface area contributed by atoms with Crippen molar-refractivity contribution in [2.45, 2.75) is 13.1 Å². The van der Waals surface area contributed by atoms with Crippen molar-refractivity contribution in [3.8, 4) is 5.75 Å². The second kappa shape index (κ2) is 5.32. The number of nitrogens with one attached hydrogen (secondary N) is 2. The SMILES string of the molecule is COc1ccccc1CNCc1ncc[nH]1. The van der Waals surface area contributed by atoms with Gasteiger partial charge in [0.05, 0.1) is 13.7 Å². The summed E-state index contributed by atoms with van der Waals surface area (Å²) in [6, 6.07) is 7.99. The fourth-order valence-corrected chi connectivity index (χ4v) is 1.56. The van der Waals surface area contributed by atoms with Crippen molar-refractivity contribution < 1.29 is 4.74 Å². The van der Waals surface area contributed by atoms with E-state index in [4.69, 9.17) is 4.74 Å². The van der Waals surface area contributed by atoms with Crippen LogP contribution in [0.1, 0.15) is 11.4 Å². The van der Waals surface area contributed by atoms with Gasteiger partial charge in [0.2, 0.25) is 0 Å². The lowest BCUT2D eigenvalue weighted by atomic mass is 10.2. The molecule has 0 aliphatic rings. The number of nitrogens with zero attached hydrogens (tertiary/aromatic N) is 1. The van der Waals surface area contributed by atoms with Crippen LogP contribution in [0.15, 0.2) is 36.7 Å². The number of aromatic amines is 1. The molecule has 0 saturated carbocycles. The van der Waals surface area contributed by atoms with Crippen LogP contribution in [0, 0.1) is 0 Å². The highest BCUT2D eigenvalue weighted by molar-refractivity contribution is 5.32. The number of hydrogen-bond donors (Lipinski definition) is 2. The van der Waals surface area contributed by atoms with Crippen molar-refractivity contribution in [3.05, 3.63) is 48.0 Å². The number of hydrogen-bond acceptors (Lipinski definition) is 3. The quantitative estimate of drug-likeness (QED) is 0.801. The van der Waals surface area contributed by atoms with Crippen LogP contribution in [0.3, 0.4) is 0 Å². The maximum absolute atomic E-state index is 5.27. The molecule has 0 saturated heterocycles. The molecule has 84 valence electrons. The number of para-hydroxylation sites is 1. The lowest BCUT2D eigenvalue weighted by molar-refractivity contribution is 0.407. The van der Waals surface area contributed by atoms with E-state index in [9.17, 15) is 0 Å². The third-order valence-electron chi connectivity index (χ3n) is 2.36. The normalized spacial score (nSPS) is 10.3. The predicted octanol–water partition coefficient (Wildman–Crippen LogP) is 1.71. The highest BCUT2D eigenvalue weighted by Gasteiger charge is 2.01. The zero-order valence-corrected chi connectivity index (χ0v) is 9.23. The summed E-state index contributed by atoms with van der Waals surface area (Å²) in [5.41, 5.74) is 1.15. The Morgan fingerprint density at radius 2 is 2.19 bits per heavy atom. The Hall–Kier alpha value is -1.81. The Balaban J connectivity index is 1.89. The number of imidazole rings is 1. The van der Waals surface area contributed by atoms with E-state index in [2.05, 4.69) is 15.3 Å². The summed E-state index contributed by atoms with van der Waals surface area (Å²) in [5, 5.41) is 3.31. The Morgan fingerprint density at radius 1 is 1.31 bits per heavy atom. The maximum atomic E-state index is 5.27. The highest BCUT2D eigenvalue weighted by atomic mass is 16.5. The summed E-state index contributed by atoms with van der Waals surface area (Å²) in [6.45, 7) is 1.50. The molecular formula is C12H15N3O. The number of H-pyrrole nitrogens is 1. The molecule has 0 amide bonds. The molecule has 0 bridgehead atoms. The molecule has 4 heteroatoms. The van der Waals surface area contributed by atoms with Gasteiger partial charge < -0.3 is 15.0 Å². The summed E-state index contributed by atoms with van der Waals surface area (Å²) in [6.07, 6.45) is 3.57. The Labute approximate surface area is 94.7 Å². The lowest BCUT2D eigenvalue weighted by Crippen LogP contribution is -2.14. The minimum atomic E-state index is 0.727. The van der Waals surface area contributed by atoms with Gasteiger partial charge in [0.25, 0.3) is 0 Å². The first-order chi connectivity index (χ1) is 7.90. The van der Waals surface area contributed by atoms with Crippen molar-refractivity contribution in [2.75, 3.05) is 7.11 Å². The summed E-state index contributed by atoms with van der Waals surface area (Å²) in [7, 11) is 1.69. The minimum absolute atomic E-state index is 0.727. The van der Waals surface area contributed by atoms with E-state index < -0.39 is 0 Å². The van der Waals surface area contributed by atoms with E-state index in [0.717, 1.165) is 30.2 Å². The van der Waals surface area contributed by atoms with E-state index in [1.807, 2.05) is 30.5 Å². The van der Waals surface area contributed by atoms with E-state index in [1.54, 1.807) is 13.3 Å². The van der Waals surface area contributed by atoms with E-state index >= 15 is 0 Å². The lowest BCUT2D eigenvalue weighted by Gasteiger charge is -2.08. The van der Waals surface area contributed by atoms with Gasteiger partial charge in [-0.1, -0.05) is 18.2 Å². The van der Waals surface area contributed by atoms with Crippen LogP contribution >= 0.6 is 0 Å². The Bertz CT molecular complexity index is 426. The third kappa shape index (κ3) is 2.61. The standard InChI is InChI=1S/C12H15N3O/c1-16-11-5-3-2-4-10(11)8-13-9-12-14-6-7-15-12/h2-7,13H,8-9H2,1H3,(H,14,15). The van der Waals surface area contributed by atoms with E-state index in [0.29, 0.717) is 0 Å². The van der Waals surface area contributed by atoms with Gasteiger partial charge in [0, 0.05) is 24.5 Å². The average Bonchev–Trinajstić information content (AvgIpc) is 2.83. The number of methoxy groups -OCH3 is 1. The van der Waals surface area contributed by atoms with Gasteiger partial charge in [-0.2, -0.15) is 0 Å². The van der Waals surface area contributed by atoms with E-state index in [1.165, 1.54) is 0 Å². The molecule has 1 heterocycles. The molecule has 0 aliphatic heterocycles. The topological polar surface area (TPSA) is 49.9 Å². The number of ether oxygens (including phenoxy) is 1. The van der Waals surface area contributed by atoms with Crippen LogP contribution in [0.2, 0.25) is 0 Å². The zero-order valence-electron chi connectivity index (χ0n) is 9.23. The minimum Gasteiger partial charge on any atom is -0.496 e. The molecule has 0 fully saturated rings. The second-order valence-electron chi connectivity index (χ2n) is 3.45. The smallest absolute Gasteiger partial charge is 0.123 e. The summed E-state index contributed by atoms with van der Waals surface area (Å²) < 4.78 is 5.27. The second-order valence-corrected chi connectivity index (χ2v) is 3.45. The first-order valence-corrected chi connectivity index (χ1v) is 5.21. The molecule has 2 aromatic rings. The van der Waals surface area contributed by atoms with Gasteiger partial charge in [-0.3, -0.25) is 0 Å². The summed E-state index contributed by atoms with van der Waals surface area (Å²) in [4.78, 5) is 7.19. The molecule has 4 nitrogen and oxygen atoms in total. The van der Waals surface area contributed by atoms with Crippen molar-refractivity contribution in [3.63, 3.8) is 0 Å². The number of aromatic nitrogens is 2. The molecule has 2 rings (SSSR count). The zero-order chi connectivity index (χ0) is 11.2. The first-order valence-electron chi connectivity index (χ1n) is 5.21. The largest absolute Gasteiger partial charge is 0.496 e. The van der Waals surface area contributed by atoms with Crippen molar-refractivity contribution >= 4 is 0 Å². The predicted molar refractivity (Wildman–Crippen MR) is 62.1 cm³/mol. The molecule has 0 atom stereocenters. The van der Waals surface area contributed by atoms with Gasteiger partial charge in [-0.15, -0.1) is 0 Å². The number of benzene rings is 1. The molecule has 1 aromatic carbocycles. The van der Waals surface area contributed by atoms with Crippen LogP contribution in [0.25, 0.3) is 0 Å². The van der Waals surface area contributed by atoms with Crippen LogP contribution in [0.4, 0.5) is 0 Å². The van der Waals surface area contributed by atoms with Gasteiger partial charge in [-0.25, -0.2) is 4.98 Å². The molecule has 0 aliphatic carbocycles. The van der Waals surface area contributed by atoms with Gasteiger partial charge in [-0.05, 0) is 6.07 Å². The summed E-state index contributed by atoms with van der Waals surface area (Å²) in [5.74, 6) is 1.85. The Morgan fingerprint density at radius 3 is 2.94 bits per heavy atom.